The topological polar surface area (TPSA) is 913 Å². The van der Waals surface area contributed by atoms with Gasteiger partial charge in [-0.25, -0.2) is 67.1 Å². The molecule has 28 N–H and O–H groups in total. The third kappa shape index (κ3) is 25.2. The smallest absolute Gasteiger partial charge is 0.425 e. The van der Waals surface area contributed by atoms with E-state index in [0.29, 0.717) is 0 Å². The lowest BCUT2D eigenvalue weighted by atomic mass is 10.1. The molecule has 4 aliphatic rings. The molecule has 0 amide bonds. The highest BCUT2D eigenvalue weighted by Gasteiger charge is 2.53. The maximum absolute atomic E-state index is 13.5. The Morgan fingerprint density at radius 3 is 0.748 bits per heavy atom. The van der Waals surface area contributed by atoms with Crippen LogP contribution in [-0.4, -0.2) is 365 Å². The molecular weight excluding hydrogens is 2010 g/mol. The standard InChI is InChI=1S/C30H46N12O17S4.2C22H30N6O8S2/c1-60(5-3-13(31)29(47)48,7-15-19(43)21(45)27(55-15)41-11-39-17-23(33)35-9-37-25(17)41)57-62(51,52)59-63(53,54)58-61(2,6-4-14(32)30(49)50)8-16-20(44)22(46)28(56-16)42-12-40-18-24(34)36-10-38-26(18)42;2*1-12-3-5-13(6-4-12)38(33,34)36-37(2,8-7-14(23)22(31)32)9-15-17(29)18(30)21(35-15)28-11-27-16-19(24)25-10-26-20(16)28/h9-16,19-22,27-28,43-46H,3-8,31-32H2,1-2H3,(H,47,48)(H,49,50)(H2,33,35,37)(H2,34,36,38);2*3-6,10-11,14-15,17-18,21,29-30H,7-9,23H2,1-2H3,(H,31,32)(H2,24,25,26)/t13-,14-,15+,16+,19+,20+,21+,22+,27+,28+;2*14-,15+,17+,18+,21+/m000/s1. The van der Waals surface area contributed by atoms with Crippen molar-refractivity contribution in [2.45, 2.75) is 172 Å². The number of fused-ring (bicyclic) bond motifs is 4. The van der Waals surface area contributed by atoms with Gasteiger partial charge in [-0.1, -0.05) is 39.0 Å². The Hall–Kier alpha value is -9.92. The number of hydrogen-bond acceptors (Lipinski definition) is 49. The summed E-state index contributed by atoms with van der Waals surface area (Å²) in [5, 5.41) is 125. The molecule has 0 bridgehead atoms. The SMILES string of the molecule is CS(CC[C@H](N)C(=O)O)(C[C@H]1O[C@@H](n2cnc3c(N)ncnc32)[C@H](O)[C@@H]1O)OS(=O)(=O)OS(=O)(=O)OS(C)(CC[C@H](N)C(=O)O)C[C@H]1O[C@@H](n2cnc3c(N)ncnc32)[C@H](O)[C@@H]1O.Cc1ccc(S(=O)(=O)OS(C)(CC[C@H](N)C(=O)O)C[C@H]2O[C@@H](n3cnc4c(N)ncnc43)[C@H](O)[C@@H]2O)cc1.Cc1ccc(S(=O)(=O)OS(C)(CC[C@H](N)C(=O)O)C[C@H]2O[C@@H](n3cnc4c(N)ncnc43)[C@H](O)[C@@H]2O)cc1. The highest BCUT2D eigenvalue weighted by atomic mass is 32.4. The lowest BCUT2D eigenvalue weighted by Gasteiger charge is -2.38. The molecule has 4 fully saturated rings. The highest BCUT2D eigenvalue weighted by Crippen LogP contribution is 2.57. The number of nitrogens with two attached hydrogens (primary N) is 8. The van der Waals surface area contributed by atoms with Crippen molar-refractivity contribution in [1.82, 2.24) is 78.1 Å². The van der Waals surface area contributed by atoms with E-state index >= 15 is 0 Å². The van der Waals surface area contributed by atoms with Crippen LogP contribution in [0.1, 0.15) is 61.7 Å². The molecule has 4 aliphatic heterocycles. The Balaban J connectivity index is 0.000000197. The molecule has 2 aromatic carbocycles. The average Bonchev–Trinajstić information content (AvgIpc) is 1.62. The van der Waals surface area contributed by atoms with Gasteiger partial charge in [0.15, 0.2) is 70.8 Å². The third-order valence-electron chi connectivity index (χ3n) is 22.6. The molecule has 24 atom stereocenters. The first-order valence-electron chi connectivity index (χ1n) is 41.3. The van der Waals surface area contributed by atoms with E-state index in [1.165, 1.54) is 93.0 Å². The van der Waals surface area contributed by atoms with Gasteiger partial charge < -0.3 is 126 Å². The van der Waals surface area contributed by atoms with Gasteiger partial charge in [0.25, 0.3) is 0 Å². The number of carboxylic acid groups (broad SMARTS) is 4. The van der Waals surface area contributed by atoms with Gasteiger partial charge in [-0.15, -0.1) is 41.2 Å². The fourth-order valence-corrected chi connectivity index (χ4v) is 34.2. The number of carboxylic acids is 4. The summed E-state index contributed by atoms with van der Waals surface area (Å²) in [5.74, 6) is -7.57. The molecule has 65 heteroatoms. The summed E-state index contributed by atoms with van der Waals surface area (Å²) in [5.41, 5.74) is 49.4. The number of imidazole rings is 4. The molecule has 12 heterocycles. The van der Waals surface area contributed by atoms with Gasteiger partial charge in [-0.2, -0.15) is 40.9 Å². The number of aliphatic hydroxyl groups is 8. The highest BCUT2D eigenvalue weighted by molar-refractivity contribution is 8.34. The first-order chi connectivity index (χ1) is 64.9. The van der Waals surface area contributed by atoms with Crippen molar-refractivity contribution < 1.29 is 151 Å². The molecule has 0 radical (unpaired) electrons. The molecule has 0 aliphatic carbocycles. The van der Waals surface area contributed by atoms with Crippen LogP contribution in [0.4, 0.5) is 23.3 Å². The molecule has 10 aromatic rings. The first-order valence-corrected chi connectivity index (χ1v) is 56.0. The van der Waals surface area contributed by atoms with Gasteiger partial charge in [0.2, 0.25) is 0 Å². The van der Waals surface area contributed by atoms with Crippen LogP contribution in [0.15, 0.2) is 109 Å². The number of aromatic nitrogens is 16. The normalized spacial score (nSPS) is 26.6. The maximum Gasteiger partial charge on any atom is 0.425 e. The number of aliphatic carboxylic acids is 4. The number of hydrogen-bond donors (Lipinski definition) is 20. The second-order valence-corrected chi connectivity index (χ2v) is 52.9. The summed E-state index contributed by atoms with van der Waals surface area (Å²) >= 11 is 0. The van der Waals surface area contributed by atoms with Gasteiger partial charge in [-0.3, -0.25) is 37.4 Å². The van der Waals surface area contributed by atoms with Gasteiger partial charge in [0, 0.05) is 46.0 Å². The zero-order valence-electron chi connectivity index (χ0n) is 74.2. The minimum atomic E-state index is -5.72. The van der Waals surface area contributed by atoms with Gasteiger partial charge in [0.05, 0.1) is 59.5 Å². The molecule has 8 aromatic heterocycles. The quantitative estimate of drug-likeness (QED) is 0.0173. The summed E-state index contributed by atoms with van der Waals surface area (Å²) in [6.07, 6.45) is -8.38. The zero-order valence-corrected chi connectivity index (χ0v) is 80.8. The number of aliphatic hydroxyl groups excluding tert-OH is 8. The second kappa shape index (κ2) is 43.1. The van der Waals surface area contributed by atoms with Crippen LogP contribution >= 0.6 is 41.2 Å². The van der Waals surface area contributed by atoms with E-state index in [4.69, 9.17) is 79.3 Å². The van der Waals surface area contributed by atoms with E-state index < -0.39 is 264 Å². The molecule has 0 spiro atoms. The Morgan fingerprint density at radius 1 is 0.331 bits per heavy atom. The van der Waals surface area contributed by atoms with Crippen molar-refractivity contribution in [2.75, 3.05) is 94.0 Å². The van der Waals surface area contributed by atoms with Crippen molar-refractivity contribution in [3.63, 3.8) is 0 Å². The minimum absolute atomic E-state index is 0.00282. The fraction of sp³-hybridized carbons (Fsp3) is 0.514. The summed E-state index contributed by atoms with van der Waals surface area (Å²) in [4.78, 5) is 94.0. The van der Waals surface area contributed by atoms with E-state index in [2.05, 4.69) is 63.4 Å². The van der Waals surface area contributed by atoms with Crippen LogP contribution in [0.3, 0.4) is 0 Å². The number of anilines is 4. The number of nitrogen functional groups attached to an aromatic ring is 4. The van der Waals surface area contributed by atoms with Crippen molar-refractivity contribution in [3.05, 3.63) is 110 Å². The van der Waals surface area contributed by atoms with Gasteiger partial charge in [-0.05, 0) is 88.8 Å². The first kappa shape index (κ1) is 108. The fourth-order valence-electron chi connectivity index (χ4n) is 15.0. The summed E-state index contributed by atoms with van der Waals surface area (Å²) in [6.45, 7) is 3.62. The molecule has 139 heavy (non-hydrogen) atoms. The summed E-state index contributed by atoms with van der Waals surface area (Å²) in [6, 6.07) is 6.52. The van der Waals surface area contributed by atoms with Crippen LogP contribution in [0, 0.1) is 13.8 Å². The molecule has 4 unspecified atom stereocenters. The average molecular weight is 2120 g/mol. The number of carbonyl (C=O) groups is 4. The van der Waals surface area contributed by atoms with Gasteiger partial charge in [0.1, 0.15) is 120 Å². The zero-order chi connectivity index (χ0) is 102. The van der Waals surface area contributed by atoms with E-state index in [1.54, 1.807) is 36.8 Å². The van der Waals surface area contributed by atoms with Crippen LogP contribution in [0.2, 0.25) is 0 Å². The third-order valence-corrected chi connectivity index (χ3v) is 42.1. The Kier molecular flexibility index (Phi) is 33.5. The number of rotatable bonds is 40. The summed E-state index contributed by atoms with van der Waals surface area (Å²) in [7, 11) is -32.0. The number of aryl methyl sites for hydroxylation is 2. The van der Waals surface area contributed by atoms with Crippen LogP contribution < -0.4 is 45.9 Å². The maximum atomic E-state index is 13.5. The van der Waals surface area contributed by atoms with E-state index in [0.717, 1.165) is 23.8 Å². The molecule has 14 rings (SSSR count). The molecule has 4 saturated heterocycles. The minimum Gasteiger partial charge on any atom is -0.480 e. The largest absolute Gasteiger partial charge is 0.480 e. The van der Waals surface area contributed by atoms with E-state index in [9.17, 15) is 114 Å². The monoisotopic (exact) mass is 2110 g/mol. The van der Waals surface area contributed by atoms with Crippen molar-refractivity contribution in [3.8, 4) is 0 Å². The number of benzene rings is 2. The van der Waals surface area contributed by atoms with E-state index in [-0.39, 0.29) is 114 Å². The number of ether oxygens (including phenoxy) is 4. The Morgan fingerprint density at radius 2 is 0.540 bits per heavy atom. The van der Waals surface area contributed by atoms with Crippen molar-refractivity contribution >= 4 is 174 Å². The molecule has 57 nitrogen and oxygen atoms in total. The molecule has 0 saturated carbocycles. The molecular formula is C74H106N24O33S8. The Labute approximate surface area is 797 Å². The van der Waals surface area contributed by atoms with Crippen LogP contribution in [-0.2, 0) is 97.3 Å². The second-order valence-electron chi connectivity index (χ2n) is 33.4. The van der Waals surface area contributed by atoms with Crippen molar-refractivity contribution in [2.24, 2.45) is 22.9 Å². The summed E-state index contributed by atoms with van der Waals surface area (Å²) < 4.78 is 162. The van der Waals surface area contributed by atoms with Crippen LogP contribution in [0.25, 0.3) is 44.7 Å². The van der Waals surface area contributed by atoms with Gasteiger partial charge >= 0.3 is 64.9 Å². The predicted molar refractivity (Wildman–Crippen MR) is 497 cm³/mol. The van der Waals surface area contributed by atoms with Crippen LogP contribution in [0.5, 0.6) is 0 Å². The van der Waals surface area contributed by atoms with E-state index in [1.807, 2.05) is 13.8 Å². The van der Waals surface area contributed by atoms with Crippen molar-refractivity contribution in [1.29, 1.82) is 0 Å². The predicted octanol–water partition coefficient (Wildman–Crippen LogP) is -4.30. The lowest BCUT2D eigenvalue weighted by Crippen LogP contribution is -2.38. The Bertz CT molecular complexity index is 6210. The molecule has 768 valence electrons. The lowest BCUT2D eigenvalue weighted by molar-refractivity contribution is -0.139. The number of nitrogens with zero attached hydrogens (tertiary/aromatic N) is 16.